The first-order valence-electron chi connectivity index (χ1n) is 8.23. The molecule has 1 fully saturated rings. The van der Waals surface area contributed by atoms with E-state index in [0.29, 0.717) is 18.0 Å². The van der Waals surface area contributed by atoms with Gasteiger partial charge < -0.3 is 5.32 Å². The van der Waals surface area contributed by atoms with Crippen LogP contribution in [0.5, 0.6) is 0 Å². The fourth-order valence-electron chi connectivity index (χ4n) is 2.83. The van der Waals surface area contributed by atoms with Crippen molar-refractivity contribution in [3.8, 4) is 0 Å². The van der Waals surface area contributed by atoms with Crippen LogP contribution in [-0.2, 0) is 12.0 Å². The van der Waals surface area contributed by atoms with Gasteiger partial charge in [-0.05, 0) is 12.3 Å². The number of rotatable bonds is 4. The van der Waals surface area contributed by atoms with Crippen molar-refractivity contribution >= 4 is 11.3 Å². The molecule has 0 spiro atoms. The lowest BCUT2D eigenvalue weighted by Crippen LogP contribution is -2.57. The molecular weight excluding hydrogens is 278 g/mol. The zero-order chi connectivity index (χ0) is 15.6. The van der Waals surface area contributed by atoms with Gasteiger partial charge in [0.25, 0.3) is 0 Å². The van der Waals surface area contributed by atoms with E-state index in [9.17, 15) is 0 Å². The number of piperazine rings is 1. The van der Waals surface area contributed by atoms with Crippen LogP contribution in [0.15, 0.2) is 5.38 Å². The summed E-state index contributed by atoms with van der Waals surface area (Å²) >= 11 is 1.82. The molecule has 2 atom stereocenters. The van der Waals surface area contributed by atoms with Gasteiger partial charge in [-0.15, -0.1) is 11.3 Å². The molecule has 1 aliphatic rings. The molecule has 1 aromatic rings. The van der Waals surface area contributed by atoms with Crippen LogP contribution in [0.1, 0.15) is 58.7 Å². The summed E-state index contributed by atoms with van der Waals surface area (Å²) in [4.78, 5) is 7.50. The van der Waals surface area contributed by atoms with Gasteiger partial charge in [0.1, 0.15) is 5.01 Å². The Morgan fingerprint density at radius 2 is 2.14 bits per heavy atom. The molecule has 4 heteroatoms. The molecule has 3 nitrogen and oxygen atoms in total. The summed E-state index contributed by atoms with van der Waals surface area (Å²) in [6, 6.07) is 1.25. The summed E-state index contributed by atoms with van der Waals surface area (Å²) in [7, 11) is 0. The molecule has 0 saturated carbocycles. The molecule has 0 amide bonds. The Morgan fingerprint density at radius 3 is 2.67 bits per heavy atom. The van der Waals surface area contributed by atoms with Gasteiger partial charge in [-0.2, -0.15) is 0 Å². The standard InChI is InChI=1S/C17H31N3S/c1-7-13-8-18-14(12(2)3)9-20(13)10-16-19-15(11-21-16)17(4,5)6/h11-14,18H,7-10H2,1-6H3. The largest absolute Gasteiger partial charge is 0.311 e. The van der Waals surface area contributed by atoms with E-state index in [4.69, 9.17) is 4.98 Å². The van der Waals surface area contributed by atoms with Gasteiger partial charge in [-0.1, -0.05) is 41.5 Å². The second kappa shape index (κ2) is 6.76. The Hall–Kier alpha value is -0.450. The van der Waals surface area contributed by atoms with Gasteiger partial charge in [-0.3, -0.25) is 4.90 Å². The minimum Gasteiger partial charge on any atom is -0.311 e. The SMILES string of the molecule is CCC1CNC(C(C)C)CN1Cc1nc(C(C)(C)C)cs1. The summed E-state index contributed by atoms with van der Waals surface area (Å²) < 4.78 is 0. The second-order valence-corrected chi connectivity index (χ2v) is 8.57. The monoisotopic (exact) mass is 309 g/mol. The van der Waals surface area contributed by atoms with Crippen molar-refractivity contribution < 1.29 is 0 Å². The number of hydrogen-bond acceptors (Lipinski definition) is 4. The van der Waals surface area contributed by atoms with E-state index in [1.807, 2.05) is 11.3 Å². The third-order valence-electron chi connectivity index (χ3n) is 4.50. The maximum Gasteiger partial charge on any atom is 0.107 e. The fraction of sp³-hybridized carbons (Fsp3) is 0.824. The molecule has 0 aromatic carbocycles. The average molecular weight is 310 g/mol. The second-order valence-electron chi connectivity index (χ2n) is 7.63. The third kappa shape index (κ3) is 4.27. The highest BCUT2D eigenvalue weighted by molar-refractivity contribution is 7.09. The van der Waals surface area contributed by atoms with Crippen LogP contribution in [0.4, 0.5) is 0 Å². The molecular formula is C17H31N3S. The number of thiazole rings is 1. The Bertz CT molecular complexity index is 447. The molecule has 1 aromatic heterocycles. The van der Waals surface area contributed by atoms with E-state index in [1.54, 1.807) is 0 Å². The highest BCUT2D eigenvalue weighted by Gasteiger charge is 2.29. The Morgan fingerprint density at radius 1 is 1.43 bits per heavy atom. The first-order chi connectivity index (χ1) is 9.81. The topological polar surface area (TPSA) is 28.2 Å². The van der Waals surface area contributed by atoms with E-state index >= 15 is 0 Å². The Kier molecular flexibility index (Phi) is 5.44. The van der Waals surface area contributed by atoms with Crippen LogP contribution in [0, 0.1) is 5.92 Å². The quantitative estimate of drug-likeness (QED) is 0.920. The molecule has 2 heterocycles. The minimum absolute atomic E-state index is 0.156. The third-order valence-corrected chi connectivity index (χ3v) is 5.33. The van der Waals surface area contributed by atoms with Crippen LogP contribution in [0.2, 0.25) is 0 Å². The van der Waals surface area contributed by atoms with Crippen LogP contribution in [-0.4, -0.2) is 35.1 Å². The molecule has 1 saturated heterocycles. The number of nitrogens with one attached hydrogen (secondary N) is 1. The van der Waals surface area contributed by atoms with E-state index in [0.717, 1.165) is 19.6 Å². The molecule has 0 bridgehead atoms. The molecule has 0 radical (unpaired) electrons. The molecule has 21 heavy (non-hydrogen) atoms. The van der Waals surface area contributed by atoms with Crippen molar-refractivity contribution in [3.63, 3.8) is 0 Å². The normalized spacial score (nSPS) is 24.7. The van der Waals surface area contributed by atoms with Crippen LogP contribution in [0.3, 0.4) is 0 Å². The number of nitrogens with zero attached hydrogens (tertiary/aromatic N) is 2. The van der Waals surface area contributed by atoms with Gasteiger partial charge >= 0.3 is 0 Å². The predicted molar refractivity (Wildman–Crippen MR) is 91.9 cm³/mol. The number of hydrogen-bond donors (Lipinski definition) is 1. The fourth-order valence-corrected chi connectivity index (χ4v) is 3.87. The maximum absolute atomic E-state index is 4.87. The van der Waals surface area contributed by atoms with E-state index in [-0.39, 0.29) is 5.41 Å². The summed E-state index contributed by atoms with van der Waals surface area (Å²) in [6.07, 6.45) is 1.20. The summed E-state index contributed by atoms with van der Waals surface area (Å²) in [5, 5.41) is 7.21. The van der Waals surface area contributed by atoms with E-state index < -0.39 is 0 Å². The smallest absolute Gasteiger partial charge is 0.107 e. The van der Waals surface area contributed by atoms with Crippen molar-refractivity contribution in [2.24, 2.45) is 5.92 Å². The van der Waals surface area contributed by atoms with Gasteiger partial charge in [-0.25, -0.2) is 4.98 Å². The molecule has 2 unspecified atom stereocenters. The molecule has 0 aliphatic carbocycles. The minimum atomic E-state index is 0.156. The van der Waals surface area contributed by atoms with Crippen molar-refractivity contribution in [2.75, 3.05) is 13.1 Å². The zero-order valence-electron chi connectivity index (χ0n) is 14.4. The first kappa shape index (κ1) is 16.9. The molecule has 120 valence electrons. The van der Waals surface area contributed by atoms with Crippen LogP contribution in [0.25, 0.3) is 0 Å². The predicted octanol–water partition coefficient (Wildman–Crippen LogP) is 3.65. The lowest BCUT2D eigenvalue weighted by molar-refractivity contribution is 0.103. The lowest BCUT2D eigenvalue weighted by Gasteiger charge is -2.41. The van der Waals surface area contributed by atoms with Gasteiger partial charge in [0.15, 0.2) is 0 Å². The summed E-state index contributed by atoms with van der Waals surface area (Å²) in [5.41, 5.74) is 1.38. The van der Waals surface area contributed by atoms with Crippen molar-refractivity contribution in [1.29, 1.82) is 0 Å². The lowest BCUT2D eigenvalue weighted by atomic mass is 9.93. The zero-order valence-corrected chi connectivity index (χ0v) is 15.3. The number of aromatic nitrogens is 1. The average Bonchev–Trinajstić information content (AvgIpc) is 2.87. The molecule has 2 rings (SSSR count). The highest BCUT2D eigenvalue weighted by Crippen LogP contribution is 2.26. The highest BCUT2D eigenvalue weighted by atomic mass is 32.1. The van der Waals surface area contributed by atoms with Gasteiger partial charge in [0.2, 0.25) is 0 Å². The van der Waals surface area contributed by atoms with Crippen molar-refractivity contribution in [3.05, 3.63) is 16.1 Å². The van der Waals surface area contributed by atoms with Crippen molar-refractivity contribution in [2.45, 2.75) is 72.0 Å². The Labute approximate surface area is 134 Å². The first-order valence-corrected chi connectivity index (χ1v) is 9.11. The van der Waals surface area contributed by atoms with E-state index in [2.05, 4.69) is 57.1 Å². The molecule has 1 N–H and O–H groups in total. The van der Waals surface area contributed by atoms with E-state index in [1.165, 1.54) is 17.1 Å². The van der Waals surface area contributed by atoms with Gasteiger partial charge in [0, 0.05) is 36.0 Å². The van der Waals surface area contributed by atoms with Crippen LogP contribution >= 0.6 is 11.3 Å². The maximum atomic E-state index is 4.87. The Balaban J connectivity index is 2.06. The molecule has 1 aliphatic heterocycles. The summed E-state index contributed by atoms with van der Waals surface area (Å²) in [6.45, 7) is 16.9. The van der Waals surface area contributed by atoms with Gasteiger partial charge in [0.05, 0.1) is 12.2 Å². The van der Waals surface area contributed by atoms with Crippen LogP contribution < -0.4 is 5.32 Å². The summed E-state index contributed by atoms with van der Waals surface area (Å²) in [5.74, 6) is 0.687. The van der Waals surface area contributed by atoms with Crippen molar-refractivity contribution in [1.82, 2.24) is 15.2 Å².